The monoisotopic (exact) mass is 264 g/mol. The second-order valence-electron chi connectivity index (χ2n) is 6.24. The maximum Gasteiger partial charge on any atom is 0.260 e. The summed E-state index contributed by atoms with van der Waals surface area (Å²) in [5.74, 6) is 0.909. The summed E-state index contributed by atoms with van der Waals surface area (Å²) in [5, 5.41) is 10.3. The van der Waals surface area contributed by atoms with Crippen molar-refractivity contribution in [1.29, 1.82) is 0 Å². The molecule has 0 bridgehead atoms. The van der Waals surface area contributed by atoms with E-state index in [1.54, 1.807) is 12.4 Å². The molecule has 1 N–H and O–H groups in total. The minimum atomic E-state index is -0.208. The van der Waals surface area contributed by atoms with Gasteiger partial charge in [0.05, 0.1) is 12.7 Å². The van der Waals surface area contributed by atoms with Crippen molar-refractivity contribution < 1.29 is 14.6 Å². The van der Waals surface area contributed by atoms with Gasteiger partial charge in [0.25, 0.3) is 5.84 Å². The molecule has 1 saturated carbocycles. The van der Waals surface area contributed by atoms with Crippen LogP contribution in [0.1, 0.15) is 39.0 Å². The molecule has 0 aromatic rings. The zero-order valence-electron chi connectivity index (χ0n) is 11.5. The first-order chi connectivity index (χ1) is 9.04. The van der Waals surface area contributed by atoms with E-state index in [-0.39, 0.29) is 16.0 Å². The minimum absolute atomic E-state index is 0.201. The van der Waals surface area contributed by atoms with E-state index in [4.69, 9.17) is 0 Å². The molecule has 0 spiro atoms. The van der Waals surface area contributed by atoms with Crippen LogP contribution in [0, 0.1) is 5.41 Å². The standard InChI is InChI=1S/C14H22N3O2/c1-14(5-3-2-4-6-14)13(18)16-8-10-17(19)9-7-15-12(17)11-16/h7,9,19H,2-6,8,10-11H2,1H3/q+1. The number of nitrogens with zero attached hydrogens (tertiary/aromatic N) is 3. The Kier molecular flexibility index (Phi) is 2.98. The van der Waals surface area contributed by atoms with E-state index in [1.165, 1.54) is 6.42 Å². The van der Waals surface area contributed by atoms with Crippen molar-refractivity contribution in [2.75, 3.05) is 19.6 Å². The molecule has 2 fully saturated rings. The van der Waals surface area contributed by atoms with Gasteiger partial charge >= 0.3 is 0 Å². The molecule has 1 saturated heterocycles. The quantitative estimate of drug-likeness (QED) is 0.735. The number of amides is 1. The Bertz CT molecular complexity index is 452. The maximum atomic E-state index is 12.7. The number of amidine groups is 1. The molecule has 2 heterocycles. The number of carbonyl (C=O) groups is 1. The van der Waals surface area contributed by atoms with E-state index in [9.17, 15) is 10.0 Å². The van der Waals surface area contributed by atoms with Gasteiger partial charge in [-0.25, -0.2) is 5.21 Å². The highest BCUT2D eigenvalue weighted by molar-refractivity contribution is 5.89. The first-order valence-electron chi connectivity index (χ1n) is 7.18. The van der Waals surface area contributed by atoms with Crippen LogP contribution < -0.4 is 0 Å². The molecule has 5 nitrogen and oxygen atoms in total. The van der Waals surface area contributed by atoms with Crippen molar-refractivity contribution >= 4 is 11.7 Å². The largest absolute Gasteiger partial charge is 0.325 e. The number of quaternary nitrogens is 1. The maximum absolute atomic E-state index is 12.7. The van der Waals surface area contributed by atoms with Crippen LogP contribution in [0.2, 0.25) is 0 Å². The van der Waals surface area contributed by atoms with E-state index in [0.29, 0.717) is 25.5 Å². The Balaban J connectivity index is 1.72. The molecule has 3 rings (SSSR count). The van der Waals surface area contributed by atoms with Gasteiger partial charge in [0.2, 0.25) is 5.91 Å². The average Bonchev–Trinajstić information content (AvgIpc) is 2.79. The molecule has 0 radical (unpaired) electrons. The van der Waals surface area contributed by atoms with Gasteiger partial charge in [-0.05, 0) is 12.8 Å². The number of hydrogen-bond acceptors (Lipinski definition) is 3. The smallest absolute Gasteiger partial charge is 0.260 e. The van der Waals surface area contributed by atoms with Crippen LogP contribution in [0.5, 0.6) is 0 Å². The van der Waals surface area contributed by atoms with E-state index in [0.717, 1.165) is 25.7 Å². The molecule has 1 amide bonds. The summed E-state index contributed by atoms with van der Waals surface area (Å²) in [6.45, 7) is 3.67. The van der Waals surface area contributed by atoms with E-state index < -0.39 is 0 Å². The number of carbonyl (C=O) groups excluding carboxylic acids is 1. The van der Waals surface area contributed by atoms with Gasteiger partial charge < -0.3 is 4.90 Å². The Morgan fingerprint density at radius 3 is 2.89 bits per heavy atom. The van der Waals surface area contributed by atoms with E-state index in [2.05, 4.69) is 11.9 Å². The molecule has 104 valence electrons. The van der Waals surface area contributed by atoms with Gasteiger partial charge in [-0.2, -0.15) is 4.99 Å². The third-order valence-corrected chi connectivity index (χ3v) is 4.79. The summed E-state index contributed by atoms with van der Waals surface area (Å²) in [4.78, 5) is 18.8. The van der Waals surface area contributed by atoms with Crippen LogP contribution in [0.3, 0.4) is 0 Å². The van der Waals surface area contributed by atoms with Gasteiger partial charge in [0.1, 0.15) is 13.1 Å². The first-order valence-corrected chi connectivity index (χ1v) is 7.18. The van der Waals surface area contributed by atoms with Crippen LogP contribution in [0.15, 0.2) is 17.4 Å². The van der Waals surface area contributed by atoms with Gasteiger partial charge in [-0.15, -0.1) is 4.65 Å². The Morgan fingerprint density at radius 2 is 2.16 bits per heavy atom. The van der Waals surface area contributed by atoms with Crippen LogP contribution in [-0.4, -0.2) is 46.1 Å². The lowest BCUT2D eigenvalue weighted by atomic mass is 9.74. The number of hydrogen-bond donors (Lipinski definition) is 1. The SMILES string of the molecule is CC1(C(=O)N2CC[N+]3(O)C=CN=C3C2)CCCCC1. The van der Waals surface area contributed by atoms with E-state index >= 15 is 0 Å². The molecule has 1 aliphatic carbocycles. The molecular formula is C14H22N3O2+. The highest BCUT2D eigenvalue weighted by Gasteiger charge is 2.45. The molecule has 0 aromatic heterocycles. The van der Waals surface area contributed by atoms with Crippen LogP contribution >= 0.6 is 0 Å². The molecule has 0 aromatic carbocycles. The molecule has 19 heavy (non-hydrogen) atoms. The zero-order chi connectivity index (χ0) is 13.5. The predicted octanol–water partition coefficient (Wildman–Crippen LogP) is 1.89. The number of fused-ring (bicyclic) bond motifs is 1. The third-order valence-electron chi connectivity index (χ3n) is 4.79. The van der Waals surface area contributed by atoms with Crippen molar-refractivity contribution in [1.82, 2.24) is 4.90 Å². The van der Waals surface area contributed by atoms with Gasteiger partial charge in [-0.1, -0.05) is 26.2 Å². The van der Waals surface area contributed by atoms with Gasteiger partial charge in [-0.3, -0.25) is 4.79 Å². The number of hydroxylamine groups is 3. The molecule has 3 aliphatic rings. The summed E-state index contributed by atoms with van der Waals surface area (Å²) in [6.07, 6.45) is 8.84. The first kappa shape index (κ1) is 12.8. The average molecular weight is 264 g/mol. The van der Waals surface area contributed by atoms with Crippen molar-refractivity contribution in [2.45, 2.75) is 39.0 Å². The lowest BCUT2D eigenvalue weighted by Gasteiger charge is -2.40. The van der Waals surface area contributed by atoms with Crippen molar-refractivity contribution in [3.8, 4) is 0 Å². The molecular weight excluding hydrogens is 242 g/mol. The van der Waals surface area contributed by atoms with Gasteiger partial charge in [0.15, 0.2) is 6.20 Å². The summed E-state index contributed by atoms with van der Waals surface area (Å²) in [6, 6.07) is 0. The van der Waals surface area contributed by atoms with Crippen LogP contribution in [-0.2, 0) is 4.79 Å². The normalized spacial score (nSPS) is 32.9. The fourth-order valence-electron chi connectivity index (χ4n) is 3.41. The second kappa shape index (κ2) is 4.42. The highest BCUT2D eigenvalue weighted by Crippen LogP contribution is 2.38. The Labute approximate surface area is 113 Å². The third kappa shape index (κ3) is 2.11. The summed E-state index contributed by atoms with van der Waals surface area (Å²) in [5.41, 5.74) is -0.201. The molecule has 2 aliphatic heterocycles. The van der Waals surface area contributed by atoms with Crippen molar-refractivity contribution in [3.05, 3.63) is 12.4 Å². The summed E-state index contributed by atoms with van der Waals surface area (Å²) in [7, 11) is 0. The lowest BCUT2D eigenvalue weighted by molar-refractivity contribution is -0.990. The Morgan fingerprint density at radius 1 is 1.42 bits per heavy atom. The highest BCUT2D eigenvalue weighted by atomic mass is 16.5. The van der Waals surface area contributed by atoms with Gasteiger partial charge in [0, 0.05) is 5.41 Å². The summed E-state index contributed by atoms with van der Waals surface area (Å²) < 4.78 is -0.208. The minimum Gasteiger partial charge on any atom is -0.325 e. The van der Waals surface area contributed by atoms with Crippen molar-refractivity contribution in [3.63, 3.8) is 0 Å². The lowest BCUT2D eigenvalue weighted by Crippen LogP contribution is -2.60. The number of rotatable bonds is 1. The second-order valence-corrected chi connectivity index (χ2v) is 6.24. The Hall–Kier alpha value is -1.20. The van der Waals surface area contributed by atoms with Crippen molar-refractivity contribution in [2.24, 2.45) is 10.4 Å². The van der Waals surface area contributed by atoms with E-state index in [1.807, 2.05) is 4.90 Å². The molecule has 1 atom stereocenters. The number of aliphatic imine (C=N–C) groups is 1. The summed E-state index contributed by atoms with van der Waals surface area (Å²) >= 11 is 0. The fraction of sp³-hybridized carbons (Fsp3) is 0.714. The molecule has 1 unspecified atom stereocenters. The van der Waals surface area contributed by atoms with Crippen LogP contribution in [0.25, 0.3) is 0 Å². The topological polar surface area (TPSA) is 52.9 Å². The fourth-order valence-corrected chi connectivity index (χ4v) is 3.41. The predicted molar refractivity (Wildman–Crippen MR) is 71.3 cm³/mol. The van der Waals surface area contributed by atoms with Crippen LogP contribution in [0.4, 0.5) is 0 Å². The number of piperazine rings is 1. The molecule has 5 heteroatoms. The zero-order valence-corrected chi connectivity index (χ0v) is 11.5.